The summed E-state index contributed by atoms with van der Waals surface area (Å²) in [6.07, 6.45) is 3.98. The van der Waals surface area contributed by atoms with Crippen LogP contribution in [0.1, 0.15) is 64.7 Å². The second-order valence-corrected chi connectivity index (χ2v) is 20.7. The van der Waals surface area contributed by atoms with Gasteiger partial charge in [-0.3, -0.25) is 34.3 Å². The fourth-order valence-corrected chi connectivity index (χ4v) is 12.4. The van der Waals surface area contributed by atoms with Crippen LogP contribution in [0.2, 0.25) is 0 Å². The number of hydrogen-bond donors (Lipinski definition) is 3. The normalized spacial score (nSPS) is 24.8. The lowest BCUT2D eigenvalue weighted by Gasteiger charge is -2.55. The molecule has 1 spiro atoms. The van der Waals surface area contributed by atoms with Crippen LogP contribution in [-0.4, -0.2) is 145 Å². The van der Waals surface area contributed by atoms with Crippen molar-refractivity contribution in [2.75, 3.05) is 85.1 Å². The third-order valence-corrected chi connectivity index (χ3v) is 16.2. The summed E-state index contributed by atoms with van der Waals surface area (Å²) in [6, 6.07) is 9.85. The number of imide groups is 1. The molecule has 66 heavy (non-hydrogen) atoms. The van der Waals surface area contributed by atoms with E-state index in [1.807, 2.05) is 12.1 Å². The van der Waals surface area contributed by atoms with Gasteiger partial charge in [-0.05, 0) is 93.2 Å². The molecule has 0 radical (unpaired) electrons. The SMILES string of the molecule is COc1cc(-c2cn(C)c(=O)c3cc(C(=O)NC4CCN(C)CC4(F)F)sc23)cc(OC)c1CN1CC(CN2CCC3(CC2)CN(c2ccc4c(c2)C(O)N(C2CCC(=O)NC2=O)C4)C3)C1. The van der Waals surface area contributed by atoms with E-state index in [9.17, 15) is 33.1 Å². The van der Waals surface area contributed by atoms with Crippen LogP contribution in [-0.2, 0) is 29.7 Å². The third kappa shape index (κ3) is 8.27. The third-order valence-electron chi connectivity index (χ3n) is 15.0. The van der Waals surface area contributed by atoms with Crippen LogP contribution < -0.4 is 30.6 Å². The quantitative estimate of drug-likeness (QED) is 0.187. The number of piperidine rings is 3. The summed E-state index contributed by atoms with van der Waals surface area (Å²) >= 11 is 1.12. The van der Waals surface area contributed by atoms with Crippen LogP contribution in [0.4, 0.5) is 14.5 Å². The molecule has 0 bridgehead atoms. The molecule has 5 fully saturated rings. The number of carbonyl (C=O) groups excluding carboxylic acids is 3. The number of nitrogens with zero attached hydrogens (tertiary/aromatic N) is 6. The molecule has 3 unspecified atom stereocenters. The Balaban J connectivity index is 0.735. The van der Waals surface area contributed by atoms with Crippen LogP contribution in [0.15, 0.2) is 47.4 Å². The van der Waals surface area contributed by atoms with Crippen LogP contribution in [0.3, 0.4) is 0 Å². The number of nitrogens with one attached hydrogen (secondary N) is 2. The minimum atomic E-state index is -3.07. The lowest BCUT2D eigenvalue weighted by atomic mass is 9.71. The van der Waals surface area contributed by atoms with Gasteiger partial charge in [0.25, 0.3) is 17.4 Å². The first-order valence-corrected chi connectivity index (χ1v) is 23.8. The lowest BCUT2D eigenvalue weighted by molar-refractivity contribution is -0.141. The summed E-state index contributed by atoms with van der Waals surface area (Å²) in [4.78, 5) is 61.9. The van der Waals surface area contributed by atoms with Gasteiger partial charge in [-0.2, -0.15) is 0 Å². The Morgan fingerprint density at radius 2 is 1.68 bits per heavy atom. The Kier molecular flexibility index (Phi) is 11.7. The molecule has 5 saturated heterocycles. The van der Waals surface area contributed by atoms with Gasteiger partial charge in [0.15, 0.2) is 0 Å². The van der Waals surface area contributed by atoms with Crippen LogP contribution in [0, 0.1) is 11.3 Å². The van der Waals surface area contributed by atoms with Gasteiger partial charge in [0.1, 0.15) is 17.7 Å². The standard InChI is InChI=1S/C48H58F2N8O7S/c1-53-12-9-40(48(49,50)27-53)51-44(61)39-18-33-42(66-39)34(23-54(2)45(33)62)30-15-37(64-3)35(38(16-30)65-4)24-56-20-28(21-56)19-55-13-10-47(11-14-55)25-57(26-47)31-6-5-29-22-58(46(63)32(29)17-31)36-7-8-41(59)52-43(36)60/h5-6,15-18,23,28,36,40,46,63H,7-14,19-22,24-27H2,1-4H3,(H,51,61)(H,52,59,60). The summed E-state index contributed by atoms with van der Waals surface area (Å²) in [5.74, 6) is -2.43. The number of carbonyl (C=O) groups is 3. The maximum atomic E-state index is 14.8. The average molecular weight is 929 g/mol. The first-order chi connectivity index (χ1) is 31.6. The Labute approximate surface area is 386 Å². The first-order valence-electron chi connectivity index (χ1n) is 23.0. The van der Waals surface area contributed by atoms with Crippen LogP contribution >= 0.6 is 11.3 Å². The number of benzene rings is 2. The highest BCUT2D eigenvalue weighted by atomic mass is 32.1. The number of aromatic nitrogens is 1. The van der Waals surface area contributed by atoms with Gasteiger partial charge in [0.05, 0.1) is 48.7 Å². The van der Waals surface area contributed by atoms with E-state index in [4.69, 9.17) is 9.47 Å². The van der Waals surface area contributed by atoms with Gasteiger partial charge in [-0.25, -0.2) is 8.78 Å². The monoisotopic (exact) mass is 928 g/mol. The zero-order valence-corrected chi connectivity index (χ0v) is 38.7. The number of ether oxygens (including phenoxy) is 2. The number of aryl methyl sites for hydroxylation is 1. The fraction of sp³-hybridized carbons (Fsp3) is 0.542. The lowest BCUT2D eigenvalue weighted by Crippen LogP contribution is -2.61. The molecule has 18 heteroatoms. The zero-order valence-electron chi connectivity index (χ0n) is 37.9. The van der Waals surface area contributed by atoms with Gasteiger partial charge < -0.3 is 39.2 Å². The molecule has 6 aliphatic heterocycles. The molecule has 0 saturated carbocycles. The highest BCUT2D eigenvalue weighted by Crippen LogP contribution is 2.46. The number of amides is 3. The summed E-state index contributed by atoms with van der Waals surface area (Å²) in [6.45, 7) is 8.24. The Hall–Kier alpha value is -4.98. The average Bonchev–Trinajstić information content (AvgIpc) is 3.86. The van der Waals surface area contributed by atoms with Crippen molar-refractivity contribution in [2.45, 2.75) is 69.4 Å². The smallest absolute Gasteiger partial charge is 0.280 e. The molecule has 3 N–H and O–H groups in total. The van der Waals surface area contributed by atoms with E-state index in [0.717, 1.165) is 97.9 Å². The largest absolute Gasteiger partial charge is 0.496 e. The highest BCUT2D eigenvalue weighted by molar-refractivity contribution is 7.21. The molecular formula is C48H58F2N8O7S. The molecule has 3 atom stereocenters. The van der Waals surface area contributed by atoms with Gasteiger partial charge in [0.2, 0.25) is 11.8 Å². The Morgan fingerprint density at radius 3 is 2.36 bits per heavy atom. The summed E-state index contributed by atoms with van der Waals surface area (Å²) in [7, 11) is 6.55. The van der Waals surface area contributed by atoms with E-state index >= 15 is 0 Å². The molecule has 4 aromatic rings. The summed E-state index contributed by atoms with van der Waals surface area (Å²) < 4.78 is 43.6. The van der Waals surface area contributed by atoms with Crippen molar-refractivity contribution in [3.05, 3.63) is 74.5 Å². The van der Waals surface area contributed by atoms with Crippen molar-refractivity contribution in [3.63, 3.8) is 0 Å². The highest BCUT2D eigenvalue weighted by Gasteiger charge is 2.47. The number of pyridine rings is 1. The van der Waals surface area contributed by atoms with Crippen molar-refractivity contribution in [2.24, 2.45) is 18.4 Å². The molecular weight excluding hydrogens is 871 g/mol. The predicted molar refractivity (Wildman–Crippen MR) is 246 cm³/mol. The maximum absolute atomic E-state index is 14.8. The van der Waals surface area contributed by atoms with E-state index in [0.29, 0.717) is 64.5 Å². The number of aliphatic hydroxyl groups excluding tert-OH is 1. The van der Waals surface area contributed by atoms with Gasteiger partial charge >= 0.3 is 0 Å². The van der Waals surface area contributed by atoms with Gasteiger partial charge in [-0.15, -0.1) is 11.3 Å². The van der Waals surface area contributed by atoms with Crippen molar-refractivity contribution in [3.8, 4) is 22.6 Å². The van der Waals surface area contributed by atoms with Gasteiger partial charge in [-0.1, -0.05) is 6.07 Å². The van der Waals surface area contributed by atoms with Crippen molar-refractivity contribution in [1.29, 1.82) is 0 Å². The Bertz CT molecular complexity index is 2610. The molecule has 10 rings (SSSR count). The number of fused-ring (bicyclic) bond motifs is 2. The van der Waals surface area contributed by atoms with E-state index in [1.165, 1.54) is 10.6 Å². The van der Waals surface area contributed by atoms with Crippen molar-refractivity contribution >= 4 is 44.8 Å². The maximum Gasteiger partial charge on any atom is 0.280 e. The predicted octanol–water partition coefficient (Wildman–Crippen LogP) is 4.00. The molecule has 2 aromatic heterocycles. The van der Waals surface area contributed by atoms with Gasteiger partial charge in [0, 0.05) is 99.0 Å². The second kappa shape index (κ2) is 17.3. The first kappa shape index (κ1) is 44.8. The van der Waals surface area contributed by atoms with E-state index in [2.05, 4.69) is 43.5 Å². The number of thiophene rings is 1. The topological polar surface area (TPSA) is 152 Å². The molecule has 8 heterocycles. The number of alkyl halides is 2. The Morgan fingerprint density at radius 1 is 0.955 bits per heavy atom. The van der Waals surface area contributed by atoms with Crippen molar-refractivity contribution < 1.29 is 37.7 Å². The molecule has 352 valence electrons. The zero-order chi connectivity index (χ0) is 46.2. The number of likely N-dealkylation sites (tertiary alicyclic amines) is 3. The number of hydrogen-bond acceptors (Lipinski definition) is 13. The molecule has 0 aliphatic carbocycles. The van der Waals surface area contributed by atoms with E-state index < -0.39 is 36.7 Å². The molecule has 3 amide bonds. The summed E-state index contributed by atoms with van der Waals surface area (Å²) in [5.41, 5.74) is 5.35. The van der Waals surface area contributed by atoms with Crippen LogP contribution in [0.5, 0.6) is 11.5 Å². The van der Waals surface area contributed by atoms with Crippen molar-refractivity contribution in [1.82, 2.24) is 34.8 Å². The number of anilines is 1. The molecule has 15 nitrogen and oxygen atoms in total. The van der Waals surface area contributed by atoms with E-state index in [-0.39, 0.29) is 35.1 Å². The number of aliphatic hydroxyl groups is 1. The minimum absolute atomic E-state index is 0.127. The van der Waals surface area contributed by atoms with E-state index in [1.54, 1.807) is 44.3 Å². The number of rotatable bonds is 11. The fourth-order valence-electron chi connectivity index (χ4n) is 11.3. The molecule has 6 aliphatic rings. The second-order valence-electron chi connectivity index (χ2n) is 19.6. The number of methoxy groups -OCH3 is 2. The van der Waals surface area contributed by atoms with Crippen LogP contribution in [0.25, 0.3) is 21.2 Å². The summed E-state index contributed by atoms with van der Waals surface area (Å²) in [5, 5.41) is 16.5. The number of halogens is 2. The molecule has 2 aromatic carbocycles. The minimum Gasteiger partial charge on any atom is -0.496 e.